The van der Waals surface area contributed by atoms with Crippen molar-refractivity contribution in [2.45, 2.75) is 76.5 Å². The van der Waals surface area contributed by atoms with Gasteiger partial charge in [-0.15, -0.1) is 0 Å². The molecule has 1 N–H and O–H groups in total. The summed E-state index contributed by atoms with van der Waals surface area (Å²) in [6, 6.07) is 8.44. The Balaban J connectivity index is 1.35. The van der Waals surface area contributed by atoms with E-state index in [2.05, 4.69) is 4.90 Å². The summed E-state index contributed by atoms with van der Waals surface area (Å²) in [4.78, 5) is 30.6. The lowest BCUT2D eigenvalue weighted by atomic mass is 9.92. The summed E-state index contributed by atoms with van der Waals surface area (Å²) < 4.78 is 13.9. The lowest BCUT2D eigenvalue weighted by Crippen LogP contribution is -2.49. The number of aromatic nitrogens is 1. The average molecular weight is 524 g/mol. The van der Waals surface area contributed by atoms with Gasteiger partial charge in [0.25, 0.3) is 5.91 Å². The fourth-order valence-electron chi connectivity index (χ4n) is 6.19. The number of hydrogen-bond donors (Lipinski definition) is 1. The first kappa shape index (κ1) is 26.9. The van der Waals surface area contributed by atoms with Crippen molar-refractivity contribution in [2.24, 2.45) is 0 Å². The van der Waals surface area contributed by atoms with Gasteiger partial charge in [-0.05, 0) is 69.3 Å². The van der Waals surface area contributed by atoms with Gasteiger partial charge in [0, 0.05) is 56.6 Å². The molecule has 0 spiro atoms. The molecule has 0 radical (unpaired) electrons. The number of carbonyl (C=O) groups excluding carboxylic acids is 2. The number of nitrogens with zero attached hydrogens (tertiary/aromatic N) is 3. The molecule has 0 aliphatic carbocycles. The zero-order chi connectivity index (χ0) is 26.5. The number of amides is 1. The minimum Gasteiger partial charge on any atom is -0.459 e. The standard InChI is InChI=1S/C30H41N3O5/c1-22(35)33-21-26(25-9-3-4-10-27(25)33)23-19-28(38-29(20-23)37-18-8-7-17-34)30(36)32-15-11-24(12-16-32)31-13-5-2-6-14-31/h3-4,9-10,19,21,23-24,29,34H,2,5-8,11-18,20H2,1H3. The first-order valence-electron chi connectivity index (χ1n) is 14.3. The van der Waals surface area contributed by atoms with E-state index in [9.17, 15) is 9.59 Å². The summed E-state index contributed by atoms with van der Waals surface area (Å²) in [5, 5.41) is 10.1. The number of likely N-dealkylation sites (tertiary alicyclic amines) is 2. The van der Waals surface area contributed by atoms with E-state index in [1.807, 2.05) is 41.4 Å². The zero-order valence-corrected chi connectivity index (χ0v) is 22.5. The number of allylic oxidation sites excluding steroid dienone is 1. The molecule has 3 aliphatic heterocycles. The molecule has 2 aromatic rings. The summed E-state index contributed by atoms with van der Waals surface area (Å²) in [5.74, 6) is 0.0886. The highest BCUT2D eigenvalue weighted by Crippen LogP contribution is 2.37. The molecule has 2 saturated heterocycles. The van der Waals surface area contributed by atoms with Crippen molar-refractivity contribution >= 4 is 22.7 Å². The number of aliphatic hydroxyl groups excluding tert-OH is 1. The molecular formula is C30H41N3O5. The maximum Gasteiger partial charge on any atom is 0.288 e. The van der Waals surface area contributed by atoms with Crippen LogP contribution in [0.1, 0.15) is 74.6 Å². The van der Waals surface area contributed by atoms with Crippen LogP contribution in [0.3, 0.4) is 0 Å². The van der Waals surface area contributed by atoms with Gasteiger partial charge in [0.05, 0.1) is 12.1 Å². The quantitative estimate of drug-likeness (QED) is 0.520. The number of para-hydroxylation sites is 1. The van der Waals surface area contributed by atoms with E-state index in [4.69, 9.17) is 14.6 Å². The van der Waals surface area contributed by atoms with Crippen molar-refractivity contribution in [2.75, 3.05) is 39.4 Å². The van der Waals surface area contributed by atoms with E-state index < -0.39 is 6.29 Å². The third-order valence-corrected chi connectivity index (χ3v) is 8.26. The van der Waals surface area contributed by atoms with Crippen molar-refractivity contribution in [1.29, 1.82) is 0 Å². The molecule has 38 heavy (non-hydrogen) atoms. The molecule has 2 unspecified atom stereocenters. The second-order valence-electron chi connectivity index (χ2n) is 10.8. The Labute approximate surface area is 225 Å². The molecule has 8 heteroatoms. The monoisotopic (exact) mass is 523 g/mol. The fraction of sp³-hybridized carbons (Fsp3) is 0.600. The fourth-order valence-corrected chi connectivity index (χ4v) is 6.19. The van der Waals surface area contributed by atoms with Gasteiger partial charge in [-0.1, -0.05) is 24.6 Å². The van der Waals surface area contributed by atoms with Crippen LogP contribution in [-0.2, 0) is 14.3 Å². The Kier molecular flexibility index (Phi) is 8.82. The van der Waals surface area contributed by atoms with Crippen LogP contribution >= 0.6 is 0 Å². The van der Waals surface area contributed by atoms with Crippen LogP contribution in [0.15, 0.2) is 42.3 Å². The molecule has 1 aromatic heterocycles. The SMILES string of the molecule is CC(=O)n1cc(C2C=C(C(=O)N3CCC(N4CCCCC4)CC3)OC(OCCCCO)C2)c2ccccc21. The summed E-state index contributed by atoms with van der Waals surface area (Å²) >= 11 is 0. The van der Waals surface area contributed by atoms with Crippen LogP contribution < -0.4 is 0 Å². The van der Waals surface area contributed by atoms with Crippen LogP contribution in [0.25, 0.3) is 10.9 Å². The van der Waals surface area contributed by atoms with Crippen LogP contribution in [0.4, 0.5) is 0 Å². The highest BCUT2D eigenvalue weighted by molar-refractivity contribution is 5.95. The van der Waals surface area contributed by atoms with Gasteiger partial charge in [0.15, 0.2) is 5.76 Å². The average Bonchev–Trinajstić information content (AvgIpc) is 3.36. The molecule has 206 valence electrons. The molecular weight excluding hydrogens is 482 g/mol. The highest BCUT2D eigenvalue weighted by Gasteiger charge is 2.34. The van der Waals surface area contributed by atoms with Gasteiger partial charge < -0.3 is 24.4 Å². The molecule has 0 bridgehead atoms. The first-order valence-corrected chi connectivity index (χ1v) is 14.3. The van der Waals surface area contributed by atoms with Gasteiger partial charge in [-0.2, -0.15) is 0 Å². The number of hydrogen-bond acceptors (Lipinski definition) is 6. The second-order valence-corrected chi connectivity index (χ2v) is 10.8. The lowest BCUT2D eigenvalue weighted by molar-refractivity contribution is -0.153. The Morgan fingerprint density at radius 1 is 1.05 bits per heavy atom. The third-order valence-electron chi connectivity index (χ3n) is 8.26. The molecule has 2 atom stereocenters. The number of benzene rings is 1. The van der Waals surface area contributed by atoms with E-state index >= 15 is 0 Å². The normalized spacial score (nSPS) is 23.3. The van der Waals surface area contributed by atoms with Crippen LogP contribution in [0.2, 0.25) is 0 Å². The van der Waals surface area contributed by atoms with Crippen molar-refractivity contribution < 1.29 is 24.2 Å². The summed E-state index contributed by atoms with van der Waals surface area (Å²) in [7, 11) is 0. The Morgan fingerprint density at radius 2 is 1.82 bits per heavy atom. The topological polar surface area (TPSA) is 84.2 Å². The minimum absolute atomic E-state index is 0.0480. The van der Waals surface area contributed by atoms with Gasteiger partial charge in [0.1, 0.15) is 0 Å². The van der Waals surface area contributed by atoms with Gasteiger partial charge in [-0.3, -0.25) is 14.2 Å². The number of aliphatic hydroxyl groups is 1. The van der Waals surface area contributed by atoms with Gasteiger partial charge in [-0.25, -0.2) is 0 Å². The van der Waals surface area contributed by atoms with Crippen molar-refractivity contribution in [3.8, 4) is 0 Å². The minimum atomic E-state index is -0.562. The molecule has 1 aromatic carbocycles. The van der Waals surface area contributed by atoms with E-state index in [1.54, 1.807) is 11.5 Å². The summed E-state index contributed by atoms with van der Waals surface area (Å²) in [6.45, 7) is 5.96. The number of ether oxygens (including phenoxy) is 2. The van der Waals surface area contributed by atoms with Crippen molar-refractivity contribution in [3.05, 3.63) is 47.9 Å². The number of carbonyl (C=O) groups is 2. The van der Waals surface area contributed by atoms with Crippen LogP contribution in [0.5, 0.6) is 0 Å². The number of piperidine rings is 2. The molecule has 2 fully saturated rings. The predicted octanol–water partition coefficient (Wildman–Crippen LogP) is 4.28. The third kappa shape index (κ3) is 5.98. The highest BCUT2D eigenvalue weighted by atomic mass is 16.7. The molecule has 1 amide bonds. The van der Waals surface area contributed by atoms with Crippen molar-refractivity contribution in [3.63, 3.8) is 0 Å². The Bertz CT molecular complexity index is 1140. The number of fused-ring (bicyclic) bond motifs is 1. The van der Waals surface area contributed by atoms with Gasteiger partial charge >= 0.3 is 0 Å². The molecule has 5 rings (SSSR count). The molecule has 0 saturated carbocycles. The Morgan fingerprint density at radius 3 is 2.55 bits per heavy atom. The zero-order valence-electron chi connectivity index (χ0n) is 22.5. The van der Waals surface area contributed by atoms with Gasteiger partial charge in [0.2, 0.25) is 12.2 Å². The summed E-state index contributed by atoms with van der Waals surface area (Å²) in [5.41, 5.74) is 1.86. The molecule has 4 heterocycles. The van der Waals surface area contributed by atoms with Crippen LogP contribution in [0, 0.1) is 0 Å². The number of rotatable bonds is 8. The number of unbranched alkanes of at least 4 members (excludes halogenated alkanes) is 1. The molecule has 3 aliphatic rings. The maximum absolute atomic E-state index is 13.7. The van der Waals surface area contributed by atoms with E-state index in [0.717, 1.165) is 48.8 Å². The van der Waals surface area contributed by atoms with E-state index in [-0.39, 0.29) is 24.3 Å². The summed E-state index contributed by atoms with van der Waals surface area (Å²) in [6.07, 6.45) is 11.1. The Hall–Kier alpha value is -2.68. The lowest BCUT2D eigenvalue weighted by Gasteiger charge is -2.40. The maximum atomic E-state index is 13.7. The predicted molar refractivity (Wildman–Crippen MR) is 146 cm³/mol. The second kappa shape index (κ2) is 12.5. The largest absolute Gasteiger partial charge is 0.459 e. The first-order chi connectivity index (χ1) is 18.5. The van der Waals surface area contributed by atoms with Crippen LogP contribution in [-0.4, -0.2) is 83.0 Å². The molecule has 8 nitrogen and oxygen atoms in total. The van der Waals surface area contributed by atoms with Crippen molar-refractivity contribution in [1.82, 2.24) is 14.4 Å². The van der Waals surface area contributed by atoms with E-state index in [0.29, 0.717) is 31.2 Å². The smallest absolute Gasteiger partial charge is 0.288 e. The van der Waals surface area contributed by atoms with E-state index in [1.165, 1.54) is 32.4 Å².